The van der Waals surface area contributed by atoms with Gasteiger partial charge in [-0.2, -0.15) is 0 Å². The van der Waals surface area contributed by atoms with Crippen molar-refractivity contribution in [2.75, 3.05) is 4.90 Å². The van der Waals surface area contributed by atoms with Crippen LogP contribution >= 0.6 is 0 Å². The van der Waals surface area contributed by atoms with Crippen molar-refractivity contribution in [1.29, 1.82) is 0 Å². The van der Waals surface area contributed by atoms with E-state index in [1.165, 1.54) is 71.0 Å². The van der Waals surface area contributed by atoms with Crippen LogP contribution in [0.25, 0.3) is 93.6 Å². The maximum atomic E-state index is 2.41. The third kappa shape index (κ3) is 5.56. The highest BCUT2D eigenvalue weighted by Crippen LogP contribution is 2.43. The summed E-state index contributed by atoms with van der Waals surface area (Å²) in [6, 6.07) is 88.2. The molecule has 4 heteroatoms. The van der Waals surface area contributed by atoms with Crippen LogP contribution in [-0.4, -0.2) is 13.7 Å². The quantitative estimate of drug-likeness (QED) is 0.157. The van der Waals surface area contributed by atoms with E-state index in [0.29, 0.717) is 0 Å². The highest BCUT2D eigenvalue weighted by molar-refractivity contribution is 6.16. The van der Waals surface area contributed by atoms with Gasteiger partial charge in [-0.25, -0.2) is 0 Å². The SMILES string of the molecule is c1ccc(-n2c3ccccc3c3ccc(N(c4ccc(-c5cccc6c5c5ccccc5n6-c5ccccc5)cc4)c4cccc(-n5c6ccccc6c6ccccc65)c4)cc32)cc1. The summed E-state index contributed by atoms with van der Waals surface area (Å²) in [7, 11) is 0. The Morgan fingerprint density at radius 3 is 1.28 bits per heavy atom. The molecule has 10 aromatic carbocycles. The number of benzene rings is 10. The van der Waals surface area contributed by atoms with Crippen LogP contribution in [0.4, 0.5) is 17.1 Å². The summed E-state index contributed by atoms with van der Waals surface area (Å²) in [4.78, 5) is 2.41. The molecule has 13 rings (SSSR count). The van der Waals surface area contributed by atoms with Gasteiger partial charge in [-0.1, -0.05) is 146 Å². The largest absolute Gasteiger partial charge is 0.310 e. The summed E-state index contributed by atoms with van der Waals surface area (Å²) >= 11 is 0. The van der Waals surface area contributed by atoms with Crippen molar-refractivity contribution in [3.05, 3.63) is 243 Å². The minimum Gasteiger partial charge on any atom is -0.310 e. The van der Waals surface area contributed by atoms with Gasteiger partial charge in [0.2, 0.25) is 0 Å². The van der Waals surface area contributed by atoms with Gasteiger partial charge in [0.15, 0.2) is 0 Å². The van der Waals surface area contributed by atoms with Crippen LogP contribution in [0.2, 0.25) is 0 Å². The molecule has 0 N–H and O–H groups in total. The van der Waals surface area contributed by atoms with E-state index in [1.54, 1.807) is 0 Å². The first-order valence-electron chi connectivity index (χ1n) is 21.9. The average molecular weight is 817 g/mol. The minimum atomic E-state index is 1.07. The van der Waals surface area contributed by atoms with Crippen LogP contribution in [-0.2, 0) is 0 Å². The maximum Gasteiger partial charge on any atom is 0.0561 e. The van der Waals surface area contributed by atoms with Crippen molar-refractivity contribution in [3.63, 3.8) is 0 Å². The van der Waals surface area contributed by atoms with E-state index in [-0.39, 0.29) is 0 Å². The molecular weight excluding hydrogens is 777 g/mol. The Morgan fingerprint density at radius 1 is 0.250 bits per heavy atom. The maximum absolute atomic E-state index is 2.41. The molecule has 0 bridgehead atoms. The monoisotopic (exact) mass is 816 g/mol. The molecule has 0 aliphatic heterocycles. The zero-order chi connectivity index (χ0) is 42.1. The zero-order valence-electron chi connectivity index (χ0n) is 34.9. The standard InChI is InChI=1S/C60H40N4/c1-3-17-42(18-4-1)62-57-31-14-10-26-53(57)60-48(27-16-32-58(60)62)41-33-35-44(36-34-41)61(45-21-15-22-46(39-45)64-55-29-12-7-23-49(55)50-24-8-13-30-56(50)64)47-37-38-52-51-25-9-11-28-54(51)63(59(52)40-47)43-19-5-2-6-20-43/h1-40H. The second-order valence-electron chi connectivity index (χ2n) is 16.5. The third-order valence-electron chi connectivity index (χ3n) is 13.0. The van der Waals surface area contributed by atoms with Gasteiger partial charge >= 0.3 is 0 Å². The minimum absolute atomic E-state index is 1.07. The number of rotatable bonds is 7. The summed E-state index contributed by atoms with van der Waals surface area (Å²) < 4.78 is 7.19. The zero-order valence-corrected chi connectivity index (χ0v) is 34.9. The number of hydrogen-bond donors (Lipinski definition) is 0. The second kappa shape index (κ2) is 14.5. The van der Waals surface area contributed by atoms with Crippen molar-refractivity contribution in [2.24, 2.45) is 0 Å². The Morgan fingerprint density at radius 2 is 0.672 bits per heavy atom. The predicted octanol–water partition coefficient (Wildman–Crippen LogP) is 16.1. The molecule has 3 aromatic heterocycles. The van der Waals surface area contributed by atoms with Gasteiger partial charge in [0.25, 0.3) is 0 Å². The van der Waals surface area contributed by atoms with Crippen LogP contribution in [0.15, 0.2) is 243 Å². The fourth-order valence-electron chi connectivity index (χ4n) is 10.3. The Kier molecular flexibility index (Phi) is 8.18. The molecule has 0 atom stereocenters. The number of para-hydroxylation sites is 6. The molecule has 13 aromatic rings. The van der Waals surface area contributed by atoms with E-state index in [4.69, 9.17) is 0 Å². The molecule has 0 aliphatic rings. The Hall–Kier alpha value is -8.60. The lowest BCUT2D eigenvalue weighted by molar-refractivity contribution is 1.16. The summed E-state index contributed by atoms with van der Waals surface area (Å²) in [6.45, 7) is 0. The summed E-state index contributed by atoms with van der Waals surface area (Å²) in [5.41, 5.74) is 16.1. The predicted molar refractivity (Wildman–Crippen MR) is 270 cm³/mol. The van der Waals surface area contributed by atoms with E-state index in [1.807, 2.05) is 0 Å². The summed E-state index contributed by atoms with van der Waals surface area (Å²) in [5, 5.41) is 7.45. The second-order valence-corrected chi connectivity index (χ2v) is 16.5. The first-order chi connectivity index (χ1) is 31.8. The van der Waals surface area contributed by atoms with E-state index in [0.717, 1.165) is 39.6 Å². The number of hydrogen-bond acceptors (Lipinski definition) is 1. The molecule has 0 amide bonds. The smallest absolute Gasteiger partial charge is 0.0561 e. The van der Waals surface area contributed by atoms with Gasteiger partial charge < -0.3 is 18.6 Å². The van der Waals surface area contributed by atoms with E-state index < -0.39 is 0 Å². The van der Waals surface area contributed by atoms with Crippen molar-refractivity contribution in [3.8, 4) is 28.2 Å². The lowest BCUT2D eigenvalue weighted by Crippen LogP contribution is -2.11. The fourth-order valence-corrected chi connectivity index (χ4v) is 10.3. The first kappa shape index (κ1) is 36.1. The molecule has 0 aliphatic carbocycles. The topological polar surface area (TPSA) is 18.0 Å². The van der Waals surface area contributed by atoms with Gasteiger partial charge in [0.05, 0.1) is 33.1 Å². The molecule has 0 radical (unpaired) electrons. The van der Waals surface area contributed by atoms with Crippen molar-refractivity contribution < 1.29 is 0 Å². The molecular formula is C60H40N4. The van der Waals surface area contributed by atoms with Gasteiger partial charge in [-0.3, -0.25) is 0 Å². The molecule has 0 spiro atoms. The fraction of sp³-hybridized carbons (Fsp3) is 0. The molecule has 64 heavy (non-hydrogen) atoms. The van der Waals surface area contributed by atoms with Crippen LogP contribution in [0.1, 0.15) is 0 Å². The summed E-state index contributed by atoms with van der Waals surface area (Å²) in [5.74, 6) is 0. The van der Waals surface area contributed by atoms with E-state index in [9.17, 15) is 0 Å². The number of anilines is 3. The molecule has 0 saturated carbocycles. The molecule has 0 unspecified atom stereocenters. The number of nitrogens with zero attached hydrogens (tertiary/aromatic N) is 4. The van der Waals surface area contributed by atoms with Crippen LogP contribution in [0.3, 0.4) is 0 Å². The Balaban J connectivity index is 1.01. The van der Waals surface area contributed by atoms with Crippen molar-refractivity contribution in [1.82, 2.24) is 13.7 Å². The summed E-state index contributed by atoms with van der Waals surface area (Å²) in [6.07, 6.45) is 0. The lowest BCUT2D eigenvalue weighted by Gasteiger charge is -2.27. The van der Waals surface area contributed by atoms with Crippen LogP contribution in [0, 0.1) is 0 Å². The van der Waals surface area contributed by atoms with Gasteiger partial charge in [-0.05, 0) is 108 Å². The van der Waals surface area contributed by atoms with Crippen molar-refractivity contribution in [2.45, 2.75) is 0 Å². The van der Waals surface area contributed by atoms with Crippen LogP contribution < -0.4 is 4.90 Å². The average Bonchev–Trinajstić information content (AvgIpc) is 4.01. The normalized spacial score (nSPS) is 11.8. The molecule has 300 valence electrons. The van der Waals surface area contributed by atoms with Gasteiger partial charge in [-0.15, -0.1) is 0 Å². The highest BCUT2D eigenvalue weighted by atomic mass is 15.1. The molecule has 4 nitrogen and oxygen atoms in total. The van der Waals surface area contributed by atoms with Crippen LogP contribution in [0.5, 0.6) is 0 Å². The third-order valence-corrected chi connectivity index (χ3v) is 13.0. The molecule has 0 fully saturated rings. The van der Waals surface area contributed by atoms with E-state index >= 15 is 0 Å². The Bertz CT molecular complexity index is 3840. The molecule has 0 saturated heterocycles. The van der Waals surface area contributed by atoms with Crippen molar-refractivity contribution >= 4 is 82.5 Å². The first-order valence-corrected chi connectivity index (χ1v) is 21.9. The number of fused-ring (bicyclic) bond motifs is 9. The highest BCUT2D eigenvalue weighted by Gasteiger charge is 2.21. The Labute approximate surface area is 370 Å². The van der Waals surface area contributed by atoms with E-state index in [2.05, 4.69) is 261 Å². The van der Waals surface area contributed by atoms with Gasteiger partial charge in [0.1, 0.15) is 0 Å². The molecule has 3 heterocycles. The number of aromatic nitrogens is 3. The van der Waals surface area contributed by atoms with Gasteiger partial charge in [0, 0.05) is 66.4 Å². The lowest BCUT2D eigenvalue weighted by atomic mass is 9.99.